The maximum Gasteiger partial charge on any atom is 0.410 e. The fourth-order valence-corrected chi connectivity index (χ4v) is 3.61. The summed E-state index contributed by atoms with van der Waals surface area (Å²) in [6.07, 6.45) is 4.64. The van der Waals surface area contributed by atoms with E-state index in [0.717, 1.165) is 19.3 Å². The molecule has 152 valence electrons. The van der Waals surface area contributed by atoms with Crippen LogP contribution in [-0.4, -0.2) is 64.7 Å². The van der Waals surface area contributed by atoms with Crippen molar-refractivity contribution in [2.24, 2.45) is 11.8 Å². The van der Waals surface area contributed by atoms with Crippen molar-refractivity contribution in [3.8, 4) is 0 Å². The Morgan fingerprint density at radius 2 is 1.67 bits per heavy atom. The number of ether oxygens (including phenoxy) is 1. The van der Waals surface area contributed by atoms with E-state index in [1.54, 1.807) is 16.7 Å². The molecule has 2 aliphatic rings. The van der Waals surface area contributed by atoms with E-state index in [2.05, 4.69) is 0 Å². The number of likely N-dealkylation sites (tertiary alicyclic amines) is 2. The summed E-state index contributed by atoms with van der Waals surface area (Å²) in [5.41, 5.74) is 0.163. The smallest absolute Gasteiger partial charge is 0.410 e. The number of nitrogens with zero attached hydrogens (tertiary/aromatic N) is 2. The third kappa shape index (κ3) is 6.26. The number of aliphatic carboxylic acids is 1. The molecule has 0 spiro atoms. The number of amides is 2. The van der Waals surface area contributed by atoms with Crippen molar-refractivity contribution in [2.45, 2.75) is 59.0 Å². The van der Waals surface area contributed by atoms with E-state index in [-0.39, 0.29) is 24.5 Å². The molecule has 2 aliphatic heterocycles. The Morgan fingerprint density at radius 1 is 1.04 bits per heavy atom. The van der Waals surface area contributed by atoms with Crippen molar-refractivity contribution in [3.63, 3.8) is 0 Å². The summed E-state index contributed by atoms with van der Waals surface area (Å²) in [6, 6.07) is 0. The van der Waals surface area contributed by atoms with Crippen LogP contribution in [0.25, 0.3) is 0 Å². The summed E-state index contributed by atoms with van der Waals surface area (Å²) in [5, 5.41) is 9.18. The molecular formula is C20H32N2O5. The third-order valence-electron chi connectivity index (χ3n) is 5.07. The summed E-state index contributed by atoms with van der Waals surface area (Å²) in [5.74, 6) is -1.13. The van der Waals surface area contributed by atoms with Crippen LogP contribution in [0.2, 0.25) is 0 Å². The summed E-state index contributed by atoms with van der Waals surface area (Å²) >= 11 is 0. The third-order valence-corrected chi connectivity index (χ3v) is 5.07. The van der Waals surface area contributed by atoms with Gasteiger partial charge in [-0.25, -0.2) is 4.79 Å². The average Bonchev–Trinajstić information content (AvgIpc) is 2.60. The number of carbonyl (C=O) groups excluding carboxylic acids is 2. The standard InChI is InChI=1S/C20H32N2O5/c1-14(17(23)22-9-5-6-16(13-22)18(24)25)12-15-7-10-21(11-8-15)19(26)27-20(2,3)4/h12,15-16H,5-11,13H2,1-4H3,(H,24,25)/b14-12+/t16-/m1/s1. The first-order valence-corrected chi connectivity index (χ1v) is 9.75. The molecule has 2 rings (SSSR count). The van der Waals surface area contributed by atoms with Gasteiger partial charge in [-0.05, 0) is 59.3 Å². The molecule has 7 heteroatoms. The second-order valence-electron chi connectivity index (χ2n) is 8.58. The van der Waals surface area contributed by atoms with Crippen LogP contribution < -0.4 is 0 Å². The second kappa shape index (κ2) is 8.76. The molecular weight excluding hydrogens is 348 g/mol. The maximum absolute atomic E-state index is 12.6. The molecule has 0 aromatic carbocycles. The van der Waals surface area contributed by atoms with Gasteiger partial charge in [-0.15, -0.1) is 0 Å². The number of hydrogen-bond acceptors (Lipinski definition) is 4. The van der Waals surface area contributed by atoms with Crippen molar-refractivity contribution in [3.05, 3.63) is 11.6 Å². The van der Waals surface area contributed by atoms with Gasteiger partial charge < -0.3 is 19.6 Å². The van der Waals surface area contributed by atoms with Crippen LogP contribution in [0.3, 0.4) is 0 Å². The number of allylic oxidation sites excluding steroid dienone is 1. The topological polar surface area (TPSA) is 87.2 Å². The SMILES string of the molecule is C/C(=C\C1CCN(C(=O)OC(C)(C)C)CC1)C(=O)N1CCC[C@@H](C(=O)O)C1. The highest BCUT2D eigenvalue weighted by molar-refractivity contribution is 5.93. The van der Waals surface area contributed by atoms with Crippen LogP contribution in [0.1, 0.15) is 53.4 Å². The van der Waals surface area contributed by atoms with Gasteiger partial charge in [0.15, 0.2) is 0 Å². The molecule has 0 bridgehead atoms. The van der Waals surface area contributed by atoms with Gasteiger partial charge in [-0.1, -0.05) is 6.08 Å². The first kappa shape index (κ1) is 21.3. The van der Waals surface area contributed by atoms with Crippen LogP contribution >= 0.6 is 0 Å². The molecule has 0 aromatic rings. The Labute approximate surface area is 161 Å². The molecule has 1 atom stereocenters. The minimum Gasteiger partial charge on any atom is -0.481 e. The van der Waals surface area contributed by atoms with Crippen molar-refractivity contribution in [2.75, 3.05) is 26.2 Å². The van der Waals surface area contributed by atoms with E-state index in [1.807, 2.05) is 26.8 Å². The normalized spacial score (nSPS) is 22.5. The van der Waals surface area contributed by atoms with Gasteiger partial charge in [0, 0.05) is 31.8 Å². The van der Waals surface area contributed by atoms with Gasteiger partial charge in [-0.3, -0.25) is 9.59 Å². The van der Waals surface area contributed by atoms with Crippen LogP contribution in [-0.2, 0) is 14.3 Å². The maximum atomic E-state index is 12.6. The van der Waals surface area contributed by atoms with E-state index in [1.165, 1.54) is 0 Å². The number of carboxylic acids is 1. The van der Waals surface area contributed by atoms with Crippen LogP contribution in [0, 0.1) is 11.8 Å². The van der Waals surface area contributed by atoms with Crippen LogP contribution in [0.15, 0.2) is 11.6 Å². The molecule has 7 nitrogen and oxygen atoms in total. The predicted molar refractivity (Wildman–Crippen MR) is 101 cm³/mol. The van der Waals surface area contributed by atoms with E-state index in [9.17, 15) is 19.5 Å². The molecule has 27 heavy (non-hydrogen) atoms. The lowest BCUT2D eigenvalue weighted by Crippen LogP contribution is -2.43. The molecule has 1 N–H and O–H groups in total. The number of carboxylic acid groups (broad SMARTS) is 1. The Morgan fingerprint density at radius 3 is 2.22 bits per heavy atom. The highest BCUT2D eigenvalue weighted by Gasteiger charge is 2.30. The van der Waals surface area contributed by atoms with Gasteiger partial charge >= 0.3 is 12.1 Å². The minimum atomic E-state index is -0.830. The quantitative estimate of drug-likeness (QED) is 0.761. The number of carbonyl (C=O) groups is 3. The molecule has 0 aliphatic carbocycles. The summed E-state index contributed by atoms with van der Waals surface area (Å²) < 4.78 is 5.40. The Hall–Kier alpha value is -2.05. The first-order valence-electron chi connectivity index (χ1n) is 9.75. The fraction of sp³-hybridized carbons (Fsp3) is 0.750. The lowest BCUT2D eigenvalue weighted by molar-refractivity contribution is -0.145. The molecule has 0 saturated carbocycles. The molecule has 0 radical (unpaired) electrons. The Kier molecular flexibility index (Phi) is 6.89. The van der Waals surface area contributed by atoms with Crippen molar-refractivity contribution >= 4 is 18.0 Å². The largest absolute Gasteiger partial charge is 0.481 e. The van der Waals surface area contributed by atoms with Crippen LogP contribution in [0.4, 0.5) is 4.79 Å². The zero-order valence-electron chi connectivity index (χ0n) is 16.9. The van der Waals surface area contributed by atoms with Gasteiger partial charge in [0.25, 0.3) is 0 Å². The second-order valence-corrected chi connectivity index (χ2v) is 8.58. The van der Waals surface area contributed by atoms with Crippen molar-refractivity contribution in [1.29, 1.82) is 0 Å². The molecule has 2 fully saturated rings. The first-order chi connectivity index (χ1) is 12.6. The zero-order chi connectivity index (χ0) is 20.2. The number of piperidine rings is 2. The molecule has 2 heterocycles. The van der Waals surface area contributed by atoms with Gasteiger partial charge in [0.2, 0.25) is 5.91 Å². The van der Waals surface area contributed by atoms with Gasteiger partial charge in [0.05, 0.1) is 5.92 Å². The molecule has 2 amide bonds. The predicted octanol–water partition coefficient (Wildman–Crippen LogP) is 2.90. The van der Waals surface area contributed by atoms with E-state index >= 15 is 0 Å². The minimum absolute atomic E-state index is 0.0736. The lowest BCUT2D eigenvalue weighted by atomic mass is 9.93. The van der Waals surface area contributed by atoms with E-state index in [0.29, 0.717) is 31.6 Å². The highest BCUT2D eigenvalue weighted by atomic mass is 16.6. The molecule has 0 unspecified atom stereocenters. The molecule has 2 saturated heterocycles. The zero-order valence-corrected chi connectivity index (χ0v) is 16.9. The Balaban J connectivity index is 1.87. The number of hydrogen-bond donors (Lipinski definition) is 1. The summed E-state index contributed by atoms with van der Waals surface area (Å²) in [6.45, 7) is 9.49. The summed E-state index contributed by atoms with van der Waals surface area (Å²) in [7, 11) is 0. The highest BCUT2D eigenvalue weighted by Crippen LogP contribution is 2.23. The molecule has 0 aromatic heterocycles. The van der Waals surface area contributed by atoms with E-state index < -0.39 is 17.5 Å². The van der Waals surface area contributed by atoms with Crippen LogP contribution in [0.5, 0.6) is 0 Å². The fourth-order valence-electron chi connectivity index (χ4n) is 3.61. The van der Waals surface area contributed by atoms with Gasteiger partial charge in [-0.2, -0.15) is 0 Å². The van der Waals surface area contributed by atoms with Crippen molar-refractivity contribution < 1.29 is 24.2 Å². The lowest BCUT2D eigenvalue weighted by Gasteiger charge is -2.33. The average molecular weight is 380 g/mol. The van der Waals surface area contributed by atoms with E-state index in [4.69, 9.17) is 4.74 Å². The van der Waals surface area contributed by atoms with Crippen molar-refractivity contribution in [1.82, 2.24) is 9.80 Å². The Bertz CT molecular complexity index is 600. The number of rotatable bonds is 3. The summed E-state index contributed by atoms with van der Waals surface area (Å²) in [4.78, 5) is 39.3. The van der Waals surface area contributed by atoms with Gasteiger partial charge in [0.1, 0.15) is 5.60 Å². The monoisotopic (exact) mass is 380 g/mol.